The third-order valence-corrected chi connectivity index (χ3v) is 1.35. The van der Waals surface area contributed by atoms with Crippen LogP contribution in [0.2, 0.25) is 0 Å². The molecule has 0 aliphatic carbocycles. The summed E-state index contributed by atoms with van der Waals surface area (Å²) in [5.41, 5.74) is 0. The first kappa shape index (κ1) is 10.7. The van der Waals surface area contributed by atoms with E-state index in [1.807, 2.05) is 0 Å². The fourth-order valence-corrected chi connectivity index (χ4v) is 0.704. The number of allylic oxidation sites excluding steroid dienone is 1. The second-order valence-electron chi connectivity index (χ2n) is 2.28. The number of carbonyl (C=O) groups excluding carboxylic acids is 1. The Balaban J connectivity index is 3.81. The highest BCUT2D eigenvalue weighted by atomic mass is 16.5. The lowest BCUT2D eigenvalue weighted by molar-refractivity contribution is -0.141. The molecule has 0 aliphatic heterocycles. The first-order valence-electron chi connectivity index (χ1n) is 3.81. The van der Waals surface area contributed by atoms with E-state index in [9.17, 15) is 4.79 Å². The lowest BCUT2D eigenvalue weighted by atomic mass is 10.2. The number of carbonyl (C=O) groups is 1. The molecule has 0 aliphatic rings. The van der Waals surface area contributed by atoms with Crippen molar-refractivity contribution in [1.29, 1.82) is 0 Å². The van der Waals surface area contributed by atoms with Crippen molar-refractivity contribution in [2.24, 2.45) is 0 Å². The van der Waals surface area contributed by atoms with Crippen molar-refractivity contribution in [1.82, 2.24) is 0 Å². The third-order valence-electron chi connectivity index (χ3n) is 1.35. The van der Waals surface area contributed by atoms with E-state index in [-0.39, 0.29) is 6.10 Å². The molecule has 1 atom stereocenters. The van der Waals surface area contributed by atoms with Crippen molar-refractivity contribution >= 4 is 5.97 Å². The van der Waals surface area contributed by atoms with Crippen LogP contribution in [-0.2, 0) is 9.53 Å². The summed E-state index contributed by atoms with van der Waals surface area (Å²) in [6.45, 7) is 10.4. The predicted molar refractivity (Wildman–Crippen MR) is 49.7 cm³/mol. The Hall–Kier alpha value is -1.31. The summed E-state index contributed by atoms with van der Waals surface area (Å²) >= 11 is 0. The zero-order chi connectivity index (χ0) is 9.40. The number of rotatable bonds is 6. The number of hydrogen-bond acceptors (Lipinski definition) is 2. The Morgan fingerprint density at radius 1 is 1.42 bits per heavy atom. The molecule has 0 aromatic heterocycles. The Morgan fingerprint density at radius 3 is 2.50 bits per heavy atom. The van der Waals surface area contributed by atoms with Gasteiger partial charge in [-0.25, -0.2) is 4.79 Å². The number of hydrogen-bond donors (Lipinski definition) is 0. The van der Waals surface area contributed by atoms with E-state index in [4.69, 9.17) is 4.74 Å². The molecular weight excluding hydrogens is 152 g/mol. The predicted octanol–water partition coefficient (Wildman–Crippen LogP) is 2.24. The SMILES string of the molecule is C=CCCC(C=C)OC(=O)C=C. The highest BCUT2D eigenvalue weighted by Crippen LogP contribution is 2.04. The highest BCUT2D eigenvalue weighted by Gasteiger charge is 2.06. The normalized spacial score (nSPS) is 11.3. The molecule has 0 spiro atoms. The van der Waals surface area contributed by atoms with Crippen molar-refractivity contribution in [3.05, 3.63) is 38.0 Å². The first-order valence-corrected chi connectivity index (χ1v) is 3.81. The minimum Gasteiger partial charge on any atom is -0.455 e. The maximum absolute atomic E-state index is 10.7. The van der Waals surface area contributed by atoms with Crippen molar-refractivity contribution in [3.63, 3.8) is 0 Å². The summed E-state index contributed by atoms with van der Waals surface area (Å²) in [5.74, 6) is -0.413. The Labute approximate surface area is 73.2 Å². The van der Waals surface area contributed by atoms with Crippen LogP contribution in [0.25, 0.3) is 0 Å². The zero-order valence-corrected chi connectivity index (χ0v) is 7.16. The van der Waals surface area contributed by atoms with Crippen molar-refractivity contribution in [2.45, 2.75) is 18.9 Å². The number of ether oxygens (including phenoxy) is 1. The molecule has 0 N–H and O–H groups in total. The lowest BCUT2D eigenvalue weighted by Crippen LogP contribution is -2.13. The van der Waals surface area contributed by atoms with Gasteiger partial charge in [0.2, 0.25) is 0 Å². The third kappa shape index (κ3) is 4.50. The molecule has 12 heavy (non-hydrogen) atoms. The molecular formula is C10H14O2. The molecule has 0 amide bonds. The van der Waals surface area contributed by atoms with Crippen LogP contribution in [0.4, 0.5) is 0 Å². The monoisotopic (exact) mass is 166 g/mol. The molecule has 0 aromatic carbocycles. The van der Waals surface area contributed by atoms with Gasteiger partial charge >= 0.3 is 5.97 Å². The maximum atomic E-state index is 10.7. The van der Waals surface area contributed by atoms with E-state index in [0.29, 0.717) is 0 Å². The smallest absolute Gasteiger partial charge is 0.330 e. The second-order valence-corrected chi connectivity index (χ2v) is 2.28. The summed E-state index contributed by atoms with van der Waals surface area (Å²) in [5, 5.41) is 0. The van der Waals surface area contributed by atoms with Gasteiger partial charge in [0.15, 0.2) is 0 Å². The standard InChI is InChI=1S/C10H14O2/c1-4-7-8-9(5-2)12-10(11)6-3/h4-6,9H,1-3,7-8H2. The van der Waals surface area contributed by atoms with Crippen LogP contribution in [0.1, 0.15) is 12.8 Å². The molecule has 1 unspecified atom stereocenters. The Bertz CT molecular complexity index is 182. The van der Waals surface area contributed by atoms with E-state index in [2.05, 4.69) is 19.7 Å². The van der Waals surface area contributed by atoms with Gasteiger partial charge in [0.1, 0.15) is 6.10 Å². The molecule has 0 fully saturated rings. The van der Waals surface area contributed by atoms with Gasteiger partial charge in [-0.2, -0.15) is 0 Å². The topological polar surface area (TPSA) is 26.3 Å². The Morgan fingerprint density at radius 2 is 2.08 bits per heavy atom. The quantitative estimate of drug-likeness (QED) is 0.343. The molecule has 0 aromatic rings. The summed E-state index contributed by atoms with van der Waals surface area (Å²) in [4.78, 5) is 10.7. The highest BCUT2D eigenvalue weighted by molar-refractivity contribution is 5.81. The molecule has 2 heteroatoms. The van der Waals surface area contributed by atoms with Crippen LogP contribution < -0.4 is 0 Å². The van der Waals surface area contributed by atoms with Crippen molar-refractivity contribution in [3.8, 4) is 0 Å². The molecule has 0 radical (unpaired) electrons. The molecule has 66 valence electrons. The maximum Gasteiger partial charge on any atom is 0.330 e. The van der Waals surface area contributed by atoms with E-state index in [1.54, 1.807) is 12.2 Å². The molecule has 0 saturated heterocycles. The minimum absolute atomic E-state index is 0.228. The molecule has 0 rings (SSSR count). The van der Waals surface area contributed by atoms with Gasteiger partial charge in [-0.05, 0) is 12.8 Å². The summed E-state index contributed by atoms with van der Waals surface area (Å²) in [6, 6.07) is 0. The summed E-state index contributed by atoms with van der Waals surface area (Å²) < 4.78 is 4.93. The Kier molecular flexibility index (Phi) is 5.70. The van der Waals surface area contributed by atoms with Crippen LogP contribution in [0.5, 0.6) is 0 Å². The van der Waals surface area contributed by atoms with E-state index in [1.165, 1.54) is 0 Å². The first-order chi connectivity index (χ1) is 5.74. The minimum atomic E-state index is -0.413. The fourth-order valence-electron chi connectivity index (χ4n) is 0.704. The van der Waals surface area contributed by atoms with Gasteiger partial charge in [-0.1, -0.05) is 25.3 Å². The molecule has 2 nitrogen and oxygen atoms in total. The van der Waals surface area contributed by atoms with E-state index >= 15 is 0 Å². The average molecular weight is 166 g/mol. The average Bonchev–Trinajstić information content (AvgIpc) is 2.11. The molecule has 0 heterocycles. The van der Waals surface area contributed by atoms with E-state index in [0.717, 1.165) is 18.9 Å². The zero-order valence-electron chi connectivity index (χ0n) is 7.16. The van der Waals surface area contributed by atoms with Gasteiger partial charge in [0.25, 0.3) is 0 Å². The number of esters is 1. The van der Waals surface area contributed by atoms with Crippen molar-refractivity contribution in [2.75, 3.05) is 0 Å². The fraction of sp³-hybridized carbons (Fsp3) is 0.300. The largest absolute Gasteiger partial charge is 0.455 e. The summed E-state index contributed by atoms with van der Waals surface area (Å²) in [7, 11) is 0. The van der Waals surface area contributed by atoms with Crippen LogP contribution in [0.15, 0.2) is 38.0 Å². The van der Waals surface area contributed by atoms with Gasteiger partial charge in [0, 0.05) is 6.08 Å². The summed E-state index contributed by atoms with van der Waals surface area (Å²) in [6.07, 6.45) is 5.83. The van der Waals surface area contributed by atoms with Crippen LogP contribution in [0, 0.1) is 0 Å². The van der Waals surface area contributed by atoms with Crippen LogP contribution in [0.3, 0.4) is 0 Å². The van der Waals surface area contributed by atoms with Gasteiger partial charge in [-0.3, -0.25) is 0 Å². The van der Waals surface area contributed by atoms with Crippen LogP contribution in [-0.4, -0.2) is 12.1 Å². The van der Waals surface area contributed by atoms with Crippen LogP contribution >= 0.6 is 0 Å². The van der Waals surface area contributed by atoms with Gasteiger partial charge in [-0.15, -0.1) is 6.58 Å². The molecule has 0 saturated carbocycles. The van der Waals surface area contributed by atoms with Crippen molar-refractivity contribution < 1.29 is 9.53 Å². The van der Waals surface area contributed by atoms with Gasteiger partial charge in [0.05, 0.1) is 0 Å². The second kappa shape index (κ2) is 6.40. The molecule has 0 bridgehead atoms. The lowest BCUT2D eigenvalue weighted by Gasteiger charge is -2.10. The van der Waals surface area contributed by atoms with Gasteiger partial charge < -0.3 is 4.74 Å². The van der Waals surface area contributed by atoms with E-state index < -0.39 is 5.97 Å².